The van der Waals surface area contributed by atoms with Crippen molar-refractivity contribution in [3.05, 3.63) is 34.4 Å². The lowest BCUT2D eigenvalue weighted by Gasteiger charge is -2.06. The summed E-state index contributed by atoms with van der Waals surface area (Å²) in [4.78, 5) is 0.358. The van der Waals surface area contributed by atoms with Gasteiger partial charge in [-0.05, 0) is 23.6 Å². The van der Waals surface area contributed by atoms with Crippen LogP contribution in [0.25, 0.3) is 10.2 Å². The first kappa shape index (κ1) is 16.0. The molecule has 122 valence electrons. The van der Waals surface area contributed by atoms with Crippen LogP contribution in [0.4, 0.5) is 0 Å². The Kier molecular flexibility index (Phi) is 4.17. The fourth-order valence-corrected chi connectivity index (χ4v) is 5.49. The van der Waals surface area contributed by atoms with Crippen LogP contribution in [0.2, 0.25) is 0 Å². The van der Waals surface area contributed by atoms with Crippen molar-refractivity contribution in [2.24, 2.45) is 11.4 Å². The second kappa shape index (κ2) is 5.99. The molecule has 2 aromatic heterocycles. The number of aromatic nitrogens is 1. The average Bonchev–Trinajstić information content (AvgIpc) is 3.16. The van der Waals surface area contributed by atoms with E-state index in [1.165, 1.54) is 17.4 Å². The summed E-state index contributed by atoms with van der Waals surface area (Å²) in [5.74, 6) is 1.28. The van der Waals surface area contributed by atoms with Crippen molar-refractivity contribution in [2.75, 3.05) is 14.2 Å². The lowest BCUT2D eigenvalue weighted by molar-refractivity contribution is 0.409. The number of hydrogen-bond donors (Lipinski definition) is 0. The molecule has 0 fully saturated rings. The van der Waals surface area contributed by atoms with Crippen molar-refractivity contribution in [2.45, 2.75) is 4.21 Å². The maximum atomic E-state index is 12.4. The minimum Gasteiger partial charge on any atom is -0.495 e. The van der Waals surface area contributed by atoms with Crippen LogP contribution in [-0.2, 0) is 17.1 Å². The first-order chi connectivity index (χ1) is 11.0. The molecule has 6 nitrogen and oxygen atoms in total. The number of sulfonamides is 1. The third-order valence-electron chi connectivity index (χ3n) is 3.26. The number of hydrogen-bond acceptors (Lipinski definition) is 6. The van der Waals surface area contributed by atoms with Gasteiger partial charge in [0.15, 0.2) is 0 Å². The average molecular weight is 370 g/mol. The van der Waals surface area contributed by atoms with Crippen LogP contribution in [-0.4, -0.2) is 27.2 Å². The van der Waals surface area contributed by atoms with E-state index in [1.54, 1.807) is 49.4 Å². The van der Waals surface area contributed by atoms with E-state index in [0.29, 0.717) is 16.3 Å². The molecule has 0 amide bonds. The lowest BCUT2D eigenvalue weighted by atomic mass is 10.3. The summed E-state index contributed by atoms with van der Waals surface area (Å²) >= 11 is 2.39. The Hall–Kier alpha value is -1.84. The highest BCUT2D eigenvalue weighted by molar-refractivity contribution is 7.92. The Morgan fingerprint density at radius 1 is 1.13 bits per heavy atom. The summed E-state index contributed by atoms with van der Waals surface area (Å²) in [6, 6.07) is 6.79. The highest BCUT2D eigenvalue weighted by Gasteiger charge is 2.17. The lowest BCUT2D eigenvalue weighted by Crippen LogP contribution is -2.13. The first-order valence-corrected chi connectivity index (χ1v) is 9.66. The van der Waals surface area contributed by atoms with Crippen molar-refractivity contribution < 1.29 is 17.9 Å². The molecule has 0 spiro atoms. The van der Waals surface area contributed by atoms with Gasteiger partial charge < -0.3 is 14.0 Å². The summed E-state index contributed by atoms with van der Waals surface area (Å²) in [6.45, 7) is 0. The van der Waals surface area contributed by atoms with Crippen LogP contribution in [0.3, 0.4) is 0 Å². The molecule has 0 unspecified atom stereocenters. The number of benzene rings is 1. The van der Waals surface area contributed by atoms with Gasteiger partial charge >= 0.3 is 0 Å². The normalized spacial score (nSPS) is 12.7. The van der Waals surface area contributed by atoms with Crippen LogP contribution in [0.1, 0.15) is 0 Å². The second-order valence-electron chi connectivity index (χ2n) is 4.59. The van der Waals surface area contributed by atoms with Crippen molar-refractivity contribution in [1.82, 2.24) is 4.57 Å². The van der Waals surface area contributed by atoms with Gasteiger partial charge in [0.25, 0.3) is 10.0 Å². The topological polar surface area (TPSA) is 69.9 Å². The van der Waals surface area contributed by atoms with E-state index in [4.69, 9.17) is 9.47 Å². The van der Waals surface area contributed by atoms with Gasteiger partial charge in [0, 0.05) is 7.05 Å². The first-order valence-electron chi connectivity index (χ1n) is 6.53. The van der Waals surface area contributed by atoms with Gasteiger partial charge in [0.05, 0.1) is 14.2 Å². The van der Waals surface area contributed by atoms with Gasteiger partial charge in [-0.25, -0.2) is 0 Å². The van der Waals surface area contributed by atoms with Crippen LogP contribution >= 0.6 is 22.7 Å². The van der Waals surface area contributed by atoms with Crippen LogP contribution < -0.4 is 14.3 Å². The summed E-state index contributed by atoms with van der Waals surface area (Å²) in [5, 5.41) is 1.71. The predicted molar refractivity (Wildman–Crippen MR) is 91.0 cm³/mol. The SMILES string of the molecule is COc1ccc(OC)c2c1sc(=NS(=O)(=O)c1cccs1)n2C. The largest absolute Gasteiger partial charge is 0.495 e. The third kappa shape index (κ3) is 2.75. The molecular formula is C14H14N2O4S3. The molecule has 0 bridgehead atoms. The Labute approximate surface area is 141 Å². The number of rotatable bonds is 4. The highest BCUT2D eigenvalue weighted by Crippen LogP contribution is 2.34. The van der Waals surface area contributed by atoms with Gasteiger partial charge in [-0.15, -0.1) is 15.7 Å². The van der Waals surface area contributed by atoms with Gasteiger partial charge in [-0.3, -0.25) is 0 Å². The fourth-order valence-electron chi connectivity index (χ4n) is 2.17. The van der Waals surface area contributed by atoms with E-state index in [2.05, 4.69) is 4.40 Å². The summed E-state index contributed by atoms with van der Waals surface area (Å²) in [7, 11) is 1.16. The van der Waals surface area contributed by atoms with E-state index < -0.39 is 10.0 Å². The molecular weight excluding hydrogens is 356 g/mol. The molecule has 23 heavy (non-hydrogen) atoms. The minimum atomic E-state index is -3.73. The van der Waals surface area contributed by atoms with Crippen molar-refractivity contribution >= 4 is 42.9 Å². The molecule has 3 rings (SSSR count). The monoisotopic (exact) mass is 370 g/mol. The van der Waals surface area contributed by atoms with E-state index in [0.717, 1.165) is 21.6 Å². The van der Waals surface area contributed by atoms with Gasteiger partial charge in [-0.2, -0.15) is 8.42 Å². The maximum absolute atomic E-state index is 12.4. The van der Waals surface area contributed by atoms with E-state index in [1.807, 2.05) is 0 Å². The number of thiazole rings is 1. The minimum absolute atomic E-state index is 0.217. The smallest absolute Gasteiger partial charge is 0.294 e. The van der Waals surface area contributed by atoms with Gasteiger partial charge in [0.2, 0.25) is 4.80 Å². The molecule has 0 aliphatic heterocycles. The molecule has 0 radical (unpaired) electrons. The number of aryl methyl sites for hydroxylation is 1. The third-order valence-corrected chi connectivity index (χ3v) is 7.16. The van der Waals surface area contributed by atoms with Crippen LogP contribution in [0.15, 0.2) is 38.3 Å². The number of thiophene rings is 1. The van der Waals surface area contributed by atoms with E-state index >= 15 is 0 Å². The summed E-state index contributed by atoms with van der Waals surface area (Å²) in [5.41, 5.74) is 0.747. The second-order valence-corrected chi connectivity index (χ2v) is 8.35. The van der Waals surface area contributed by atoms with Gasteiger partial charge in [0.1, 0.15) is 25.9 Å². The van der Waals surface area contributed by atoms with Crippen LogP contribution in [0.5, 0.6) is 11.5 Å². The Bertz CT molecular complexity index is 1010. The van der Waals surface area contributed by atoms with Gasteiger partial charge in [-0.1, -0.05) is 17.4 Å². The van der Waals surface area contributed by atoms with Crippen molar-refractivity contribution in [3.63, 3.8) is 0 Å². The Morgan fingerprint density at radius 3 is 2.43 bits per heavy atom. The molecule has 0 saturated heterocycles. The number of methoxy groups -OCH3 is 2. The summed E-state index contributed by atoms with van der Waals surface area (Å²) in [6.07, 6.45) is 0. The van der Waals surface area contributed by atoms with Crippen molar-refractivity contribution in [3.8, 4) is 11.5 Å². The molecule has 1 aromatic carbocycles. The Balaban J connectivity index is 2.32. The zero-order chi connectivity index (χ0) is 16.6. The zero-order valence-electron chi connectivity index (χ0n) is 12.6. The number of nitrogens with zero attached hydrogens (tertiary/aromatic N) is 2. The molecule has 0 aliphatic carbocycles. The number of ether oxygens (including phenoxy) is 2. The molecule has 2 heterocycles. The summed E-state index contributed by atoms with van der Waals surface area (Å²) < 4.78 is 42.1. The quantitative estimate of drug-likeness (QED) is 0.708. The van der Waals surface area contributed by atoms with Crippen molar-refractivity contribution in [1.29, 1.82) is 0 Å². The predicted octanol–water partition coefficient (Wildman–Crippen LogP) is 2.61. The molecule has 0 saturated carbocycles. The zero-order valence-corrected chi connectivity index (χ0v) is 15.1. The fraction of sp³-hybridized carbons (Fsp3) is 0.214. The maximum Gasteiger partial charge on any atom is 0.294 e. The molecule has 9 heteroatoms. The molecule has 0 atom stereocenters. The van der Waals surface area contributed by atoms with Crippen LogP contribution in [0, 0.1) is 0 Å². The Morgan fingerprint density at radius 2 is 1.83 bits per heavy atom. The van der Waals surface area contributed by atoms with E-state index in [9.17, 15) is 8.42 Å². The molecule has 0 aliphatic rings. The number of fused-ring (bicyclic) bond motifs is 1. The standard InChI is InChI=1S/C14H14N2O4S3/c1-16-12-9(19-2)6-7-10(20-3)13(12)22-14(16)15-23(17,18)11-5-4-8-21-11/h4-8H,1-3H3. The molecule has 0 N–H and O–H groups in total. The van der Waals surface area contributed by atoms with E-state index in [-0.39, 0.29) is 4.21 Å². The molecule has 3 aromatic rings. The highest BCUT2D eigenvalue weighted by atomic mass is 32.2.